The molecule has 1 aliphatic rings. The number of nitrogens with zero attached hydrogens (tertiary/aromatic N) is 3. The molecule has 1 aromatic heterocycles. The summed E-state index contributed by atoms with van der Waals surface area (Å²) in [6, 6.07) is 0.427. The molecular weight excluding hydrogens is 250 g/mol. The van der Waals surface area contributed by atoms with E-state index < -0.39 is 6.55 Å². The van der Waals surface area contributed by atoms with Crippen molar-refractivity contribution in [3.05, 3.63) is 18.2 Å². The second-order valence-electron chi connectivity index (χ2n) is 5.00. The van der Waals surface area contributed by atoms with E-state index in [1.54, 1.807) is 0 Å². The number of imidazole rings is 1. The van der Waals surface area contributed by atoms with Gasteiger partial charge >= 0.3 is 6.55 Å². The average molecular weight is 272 g/mol. The van der Waals surface area contributed by atoms with Crippen molar-refractivity contribution in [2.24, 2.45) is 0 Å². The lowest BCUT2D eigenvalue weighted by atomic mass is 10.1. The van der Waals surface area contributed by atoms with E-state index >= 15 is 0 Å². The third-order valence-electron chi connectivity index (χ3n) is 3.60. The number of nitrogens with one attached hydrogen (secondary N) is 1. The monoisotopic (exact) mass is 272 g/mol. The highest BCUT2D eigenvalue weighted by atomic mass is 19.3. The van der Waals surface area contributed by atoms with Crippen molar-refractivity contribution in [3.8, 4) is 0 Å². The zero-order valence-electron chi connectivity index (χ0n) is 11.4. The van der Waals surface area contributed by atoms with Crippen LogP contribution in [0.25, 0.3) is 0 Å². The van der Waals surface area contributed by atoms with Gasteiger partial charge in [-0.1, -0.05) is 6.92 Å². The maximum absolute atomic E-state index is 12.8. The minimum atomic E-state index is -2.51. The van der Waals surface area contributed by atoms with Crippen LogP contribution < -0.4 is 5.32 Å². The van der Waals surface area contributed by atoms with E-state index in [1.807, 2.05) is 0 Å². The number of hydrogen-bond donors (Lipinski definition) is 1. The smallest absolute Gasteiger partial charge is 0.315 e. The third kappa shape index (κ3) is 3.73. The van der Waals surface area contributed by atoms with Crippen LogP contribution in [0.3, 0.4) is 0 Å². The zero-order chi connectivity index (χ0) is 13.7. The van der Waals surface area contributed by atoms with Gasteiger partial charge in [-0.2, -0.15) is 8.78 Å². The molecule has 1 aliphatic heterocycles. The van der Waals surface area contributed by atoms with Crippen LogP contribution in [0, 0.1) is 0 Å². The molecule has 0 spiro atoms. The van der Waals surface area contributed by atoms with Crippen molar-refractivity contribution in [1.82, 2.24) is 19.8 Å². The van der Waals surface area contributed by atoms with Crippen molar-refractivity contribution in [2.75, 3.05) is 19.6 Å². The second-order valence-corrected chi connectivity index (χ2v) is 5.00. The molecule has 6 heteroatoms. The Balaban J connectivity index is 2.04. The Hall–Kier alpha value is -1.01. The first-order valence-electron chi connectivity index (χ1n) is 6.97. The number of halogens is 2. The fourth-order valence-corrected chi connectivity index (χ4v) is 2.65. The van der Waals surface area contributed by atoms with E-state index in [-0.39, 0.29) is 0 Å². The molecule has 2 heterocycles. The summed E-state index contributed by atoms with van der Waals surface area (Å²) in [7, 11) is 0. The summed E-state index contributed by atoms with van der Waals surface area (Å²) < 4.78 is 26.6. The lowest BCUT2D eigenvalue weighted by Gasteiger charge is -2.34. The zero-order valence-corrected chi connectivity index (χ0v) is 11.4. The molecule has 1 N–H and O–H groups in total. The fraction of sp³-hybridized carbons (Fsp3) is 0.769. The van der Waals surface area contributed by atoms with Crippen LogP contribution in [0.4, 0.5) is 8.78 Å². The standard InChI is InChI=1S/C13H22F2N4/c1-2-7-18(11-4-3-5-16-9-11)10-12-17-6-8-19(12)13(14)15/h6,8,11,13,16H,2-5,7,9-10H2,1H3. The van der Waals surface area contributed by atoms with Gasteiger partial charge in [0, 0.05) is 25.0 Å². The van der Waals surface area contributed by atoms with Gasteiger partial charge in [0.25, 0.3) is 0 Å². The molecule has 0 aliphatic carbocycles. The molecule has 2 rings (SSSR count). The average Bonchev–Trinajstić information content (AvgIpc) is 2.88. The van der Waals surface area contributed by atoms with Crippen LogP contribution in [0.2, 0.25) is 0 Å². The Bertz CT molecular complexity index is 374. The van der Waals surface area contributed by atoms with Crippen molar-refractivity contribution in [3.63, 3.8) is 0 Å². The van der Waals surface area contributed by atoms with Gasteiger partial charge < -0.3 is 5.32 Å². The van der Waals surface area contributed by atoms with E-state index in [9.17, 15) is 8.78 Å². The molecule has 0 saturated carbocycles. The van der Waals surface area contributed by atoms with Gasteiger partial charge in [-0.15, -0.1) is 0 Å². The molecule has 1 unspecified atom stereocenters. The largest absolute Gasteiger partial charge is 0.319 e. The minimum absolute atomic E-state index is 0.427. The van der Waals surface area contributed by atoms with Gasteiger partial charge in [-0.3, -0.25) is 9.47 Å². The van der Waals surface area contributed by atoms with Crippen LogP contribution in [-0.2, 0) is 6.54 Å². The van der Waals surface area contributed by atoms with Gasteiger partial charge in [0.1, 0.15) is 5.82 Å². The predicted octanol–water partition coefficient (Wildman–Crippen LogP) is 2.24. The highest BCUT2D eigenvalue weighted by Crippen LogP contribution is 2.17. The number of alkyl halides is 2. The first-order chi connectivity index (χ1) is 9.22. The summed E-state index contributed by atoms with van der Waals surface area (Å²) in [5.74, 6) is 0.453. The van der Waals surface area contributed by atoms with Crippen LogP contribution in [-0.4, -0.2) is 40.1 Å². The summed E-state index contributed by atoms with van der Waals surface area (Å²) in [4.78, 5) is 6.35. The van der Waals surface area contributed by atoms with E-state index in [0.717, 1.165) is 43.5 Å². The molecule has 19 heavy (non-hydrogen) atoms. The SMILES string of the molecule is CCCN(Cc1nccn1C(F)F)C1CCCNC1. The quantitative estimate of drug-likeness (QED) is 0.862. The molecule has 1 atom stereocenters. The predicted molar refractivity (Wildman–Crippen MR) is 70.1 cm³/mol. The van der Waals surface area contributed by atoms with E-state index in [1.165, 1.54) is 12.4 Å². The van der Waals surface area contributed by atoms with Crippen molar-refractivity contribution in [1.29, 1.82) is 0 Å². The maximum atomic E-state index is 12.8. The molecule has 108 valence electrons. The molecule has 1 fully saturated rings. The number of hydrogen-bond acceptors (Lipinski definition) is 3. The molecule has 4 nitrogen and oxygen atoms in total. The number of rotatable bonds is 6. The van der Waals surface area contributed by atoms with Gasteiger partial charge in [-0.25, -0.2) is 4.98 Å². The molecule has 0 aromatic carbocycles. The highest BCUT2D eigenvalue weighted by molar-refractivity contribution is 4.94. The van der Waals surface area contributed by atoms with Gasteiger partial charge in [0.05, 0.1) is 6.54 Å². The first kappa shape index (κ1) is 14.4. The van der Waals surface area contributed by atoms with Gasteiger partial charge in [-0.05, 0) is 32.4 Å². The van der Waals surface area contributed by atoms with Crippen LogP contribution in [0.1, 0.15) is 38.6 Å². The molecule has 0 amide bonds. The number of aromatic nitrogens is 2. The molecular formula is C13H22F2N4. The minimum Gasteiger partial charge on any atom is -0.315 e. The molecule has 0 bridgehead atoms. The Labute approximate surface area is 112 Å². The van der Waals surface area contributed by atoms with Gasteiger partial charge in [0.2, 0.25) is 0 Å². The van der Waals surface area contributed by atoms with Crippen LogP contribution >= 0.6 is 0 Å². The van der Waals surface area contributed by atoms with Crippen molar-refractivity contribution < 1.29 is 8.78 Å². The van der Waals surface area contributed by atoms with Gasteiger partial charge in [0.15, 0.2) is 0 Å². The fourth-order valence-electron chi connectivity index (χ4n) is 2.65. The number of piperidine rings is 1. The Kier molecular flexibility index (Phi) is 5.27. The van der Waals surface area contributed by atoms with E-state index in [4.69, 9.17) is 0 Å². The lowest BCUT2D eigenvalue weighted by molar-refractivity contribution is 0.0610. The Morgan fingerprint density at radius 2 is 2.42 bits per heavy atom. The normalized spacial score (nSPS) is 20.4. The summed E-state index contributed by atoms with van der Waals surface area (Å²) in [5, 5.41) is 3.37. The third-order valence-corrected chi connectivity index (χ3v) is 3.60. The molecule has 1 aromatic rings. The molecule has 0 radical (unpaired) electrons. The highest BCUT2D eigenvalue weighted by Gasteiger charge is 2.22. The summed E-state index contributed by atoms with van der Waals surface area (Å²) in [6.07, 6.45) is 6.09. The Morgan fingerprint density at radius 3 is 3.05 bits per heavy atom. The van der Waals surface area contributed by atoms with Crippen molar-refractivity contribution in [2.45, 2.75) is 45.3 Å². The van der Waals surface area contributed by atoms with Crippen molar-refractivity contribution >= 4 is 0 Å². The second kappa shape index (κ2) is 6.96. The maximum Gasteiger partial charge on any atom is 0.319 e. The lowest BCUT2D eigenvalue weighted by Crippen LogP contribution is -2.46. The molecule has 1 saturated heterocycles. The summed E-state index contributed by atoms with van der Waals surface area (Å²) in [5.41, 5.74) is 0. The van der Waals surface area contributed by atoms with E-state index in [2.05, 4.69) is 22.1 Å². The Morgan fingerprint density at radius 1 is 1.58 bits per heavy atom. The topological polar surface area (TPSA) is 33.1 Å². The first-order valence-corrected chi connectivity index (χ1v) is 6.97. The van der Waals surface area contributed by atoms with Crippen LogP contribution in [0.5, 0.6) is 0 Å². The van der Waals surface area contributed by atoms with E-state index in [0.29, 0.717) is 18.4 Å². The summed E-state index contributed by atoms with van der Waals surface area (Å²) in [6.45, 7) is 3.02. The van der Waals surface area contributed by atoms with Crippen LogP contribution in [0.15, 0.2) is 12.4 Å². The summed E-state index contributed by atoms with van der Waals surface area (Å²) >= 11 is 0.